The number of aromatic nitrogens is 1. The van der Waals surface area contributed by atoms with E-state index < -0.39 is 10.0 Å². The number of sulfonamides is 1. The summed E-state index contributed by atoms with van der Waals surface area (Å²) in [6.07, 6.45) is 0.725. The molecule has 3 rings (SSSR count). The summed E-state index contributed by atoms with van der Waals surface area (Å²) in [6.45, 7) is 4.62. The quantitative estimate of drug-likeness (QED) is 0.392. The van der Waals surface area contributed by atoms with E-state index in [0.29, 0.717) is 6.54 Å². The highest BCUT2D eigenvalue weighted by atomic mass is 32.2. The number of H-pyrrole nitrogens is 1. The Morgan fingerprint density at radius 3 is 2.62 bits per heavy atom. The molecule has 136 valence electrons. The largest absolute Gasteiger partial charge is 0.358 e. The molecule has 2 aromatic carbocycles. The summed E-state index contributed by atoms with van der Waals surface area (Å²) in [5.41, 5.74) is 10.4. The van der Waals surface area contributed by atoms with E-state index in [1.165, 1.54) is 28.6 Å². The van der Waals surface area contributed by atoms with Crippen molar-refractivity contribution >= 4 is 26.9 Å². The highest BCUT2D eigenvalue weighted by Crippen LogP contribution is 2.23. The predicted octanol–water partition coefficient (Wildman–Crippen LogP) is 0.701. The smallest absolute Gasteiger partial charge is 0.356 e. The van der Waals surface area contributed by atoms with Crippen molar-refractivity contribution in [2.45, 2.75) is 25.2 Å². The van der Waals surface area contributed by atoms with Crippen LogP contribution >= 0.6 is 0 Å². The lowest BCUT2D eigenvalue weighted by Gasteiger charge is -2.03. The molecule has 0 radical (unpaired) electrons. The van der Waals surface area contributed by atoms with Gasteiger partial charge in [-0.15, -0.1) is 0 Å². The number of hydrogen-bond donors (Lipinski definition) is 4. The third-order valence-corrected chi connectivity index (χ3v) is 5.64. The summed E-state index contributed by atoms with van der Waals surface area (Å²) < 4.78 is 26.8. The average molecular weight is 371 g/mol. The summed E-state index contributed by atoms with van der Waals surface area (Å²) in [5.74, 6) is 0.0162. The van der Waals surface area contributed by atoms with Crippen LogP contribution in [0.1, 0.15) is 16.8 Å². The first-order chi connectivity index (χ1) is 12.4. The van der Waals surface area contributed by atoms with E-state index in [4.69, 9.17) is 5.73 Å². The highest BCUT2D eigenvalue weighted by molar-refractivity contribution is 7.90. The monoisotopic (exact) mass is 371 g/mol. The van der Waals surface area contributed by atoms with Gasteiger partial charge < -0.3 is 4.98 Å². The van der Waals surface area contributed by atoms with Gasteiger partial charge in [-0.3, -0.25) is 10.7 Å². The molecule has 0 spiro atoms. The van der Waals surface area contributed by atoms with Gasteiger partial charge in [0.1, 0.15) is 4.90 Å². The van der Waals surface area contributed by atoms with Crippen molar-refractivity contribution in [2.24, 2.45) is 5.73 Å². The fraction of sp³-hybridized carbons (Fsp3) is 0.211. The molecule has 0 bridgehead atoms. The first kappa shape index (κ1) is 18.0. The summed E-state index contributed by atoms with van der Waals surface area (Å²) in [4.78, 5) is 6.49. The van der Waals surface area contributed by atoms with Crippen molar-refractivity contribution in [3.8, 4) is 0 Å². The molecule has 0 saturated heterocycles. The number of guanidine groups is 1. The van der Waals surface area contributed by atoms with Gasteiger partial charge in [-0.25, -0.2) is 0 Å². The molecule has 5 N–H and O–H groups in total. The molecule has 0 aliphatic rings. The standard InChI is InChI=1S/C19H22N4O2S/c1-13-8-9-18-17(12-13)16(14(2)22-18)10-11-21-19(20)23-26(24,25)15-6-4-3-5-7-15/h3-9,12,22H,10-11H2,1-2H3,(H3,20,21,23)/p+1. The molecule has 0 amide bonds. The number of hydrogen-bond acceptors (Lipinski definition) is 2. The van der Waals surface area contributed by atoms with Crippen LogP contribution < -0.4 is 15.4 Å². The van der Waals surface area contributed by atoms with Crippen molar-refractivity contribution in [1.29, 1.82) is 0 Å². The number of fused-ring (bicyclic) bond motifs is 1. The Bertz CT molecular complexity index is 1050. The molecule has 0 atom stereocenters. The Kier molecular flexibility index (Phi) is 4.99. The number of aryl methyl sites for hydroxylation is 2. The van der Waals surface area contributed by atoms with E-state index in [2.05, 4.69) is 39.8 Å². The summed E-state index contributed by atoms with van der Waals surface area (Å²) in [7, 11) is -3.67. The maximum atomic E-state index is 12.2. The van der Waals surface area contributed by atoms with Crippen LogP contribution in [0.4, 0.5) is 0 Å². The van der Waals surface area contributed by atoms with E-state index in [0.717, 1.165) is 17.6 Å². The molecule has 7 heteroatoms. The second kappa shape index (κ2) is 7.21. The molecule has 26 heavy (non-hydrogen) atoms. The minimum Gasteiger partial charge on any atom is -0.358 e. The minimum atomic E-state index is -3.67. The fourth-order valence-corrected chi connectivity index (χ4v) is 3.97. The zero-order valence-electron chi connectivity index (χ0n) is 14.8. The van der Waals surface area contributed by atoms with E-state index in [1.807, 2.05) is 6.92 Å². The molecule has 3 aromatic rings. The van der Waals surface area contributed by atoms with Crippen molar-refractivity contribution in [1.82, 2.24) is 9.71 Å². The second-order valence-electron chi connectivity index (χ2n) is 6.29. The van der Waals surface area contributed by atoms with Gasteiger partial charge in [-0.2, -0.15) is 13.1 Å². The van der Waals surface area contributed by atoms with Crippen LogP contribution in [-0.2, 0) is 16.4 Å². The topological polar surface area (TPSA) is 102 Å². The van der Waals surface area contributed by atoms with Gasteiger partial charge >= 0.3 is 16.0 Å². The van der Waals surface area contributed by atoms with Gasteiger partial charge in [0.05, 0.1) is 6.54 Å². The highest BCUT2D eigenvalue weighted by Gasteiger charge is 2.18. The molecule has 0 aliphatic carbocycles. The van der Waals surface area contributed by atoms with E-state index in [1.54, 1.807) is 18.2 Å². The molecule has 1 heterocycles. The van der Waals surface area contributed by atoms with E-state index >= 15 is 0 Å². The molecule has 0 aliphatic heterocycles. The number of nitrogens with one attached hydrogen (secondary N) is 3. The van der Waals surface area contributed by atoms with Crippen molar-refractivity contribution in [3.05, 3.63) is 65.4 Å². The van der Waals surface area contributed by atoms with Crippen LogP contribution in [0.15, 0.2) is 53.4 Å². The molecular weight excluding hydrogens is 348 g/mol. The van der Waals surface area contributed by atoms with Crippen molar-refractivity contribution in [2.75, 3.05) is 6.54 Å². The Morgan fingerprint density at radius 1 is 1.15 bits per heavy atom. The average Bonchev–Trinajstić information content (AvgIpc) is 2.90. The maximum absolute atomic E-state index is 12.2. The van der Waals surface area contributed by atoms with Crippen LogP contribution in [0, 0.1) is 13.8 Å². The predicted molar refractivity (Wildman–Crippen MR) is 103 cm³/mol. The second-order valence-corrected chi connectivity index (χ2v) is 7.97. The number of aromatic amines is 1. The van der Waals surface area contributed by atoms with Crippen LogP contribution in [0.5, 0.6) is 0 Å². The third-order valence-electron chi connectivity index (χ3n) is 4.26. The first-order valence-corrected chi connectivity index (χ1v) is 9.87. The SMILES string of the molecule is Cc1ccc2[nH]c(C)c(CC[NH+]=C(N)NS(=O)(=O)c3ccccc3)c2c1. The Hall–Kier alpha value is -2.80. The zero-order valence-corrected chi connectivity index (χ0v) is 15.7. The first-order valence-electron chi connectivity index (χ1n) is 8.39. The van der Waals surface area contributed by atoms with E-state index in [-0.39, 0.29) is 10.9 Å². The lowest BCUT2D eigenvalue weighted by Crippen LogP contribution is -2.79. The van der Waals surface area contributed by atoms with Crippen LogP contribution in [0.2, 0.25) is 0 Å². The Balaban J connectivity index is 1.71. The van der Waals surface area contributed by atoms with Crippen molar-refractivity contribution in [3.63, 3.8) is 0 Å². The summed E-state index contributed by atoms with van der Waals surface area (Å²) >= 11 is 0. The van der Waals surface area contributed by atoms with Crippen LogP contribution in [0.25, 0.3) is 10.9 Å². The maximum Gasteiger partial charge on any atom is 0.356 e. The molecule has 0 unspecified atom stereocenters. The van der Waals surface area contributed by atoms with Gasteiger partial charge in [0.2, 0.25) is 0 Å². The summed E-state index contributed by atoms with van der Waals surface area (Å²) in [6, 6.07) is 14.4. The summed E-state index contributed by atoms with van der Waals surface area (Å²) in [5, 5.41) is 1.19. The lowest BCUT2D eigenvalue weighted by molar-refractivity contribution is -0.458. The third kappa shape index (κ3) is 3.88. The fourth-order valence-electron chi connectivity index (χ4n) is 2.98. The van der Waals surface area contributed by atoms with Crippen LogP contribution in [0.3, 0.4) is 0 Å². The number of nitrogens with two attached hydrogens (primary N) is 1. The van der Waals surface area contributed by atoms with E-state index in [9.17, 15) is 8.42 Å². The zero-order chi connectivity index (χ0) is 18.7. The minimum absolute atomic E-state index is 0.0162. The lowest BCUT2D eigenvalue weighted by atomic mass is 10.1. The van der Waals surface area contributed by atoms with Gasteiger partial charge in [-0.1, -0.05) is 29.8 Å². The molecular formula is C19H23N4O2S+. The Labute approximate surface area is 153 Å². The number of benzene rings is 2. The molecule has 1 aromatic heterocycles. The van der Waals surface area contributed by atoms with Gasteiger partial charge in [-0.05, 0) is 43.7 Å². The normalized spacial score (nSPS) is 12.5. The van der Waals surface area contributed by atoms with Gasteiger partial charge in [0.25, 0.3) is 0 Å². The Morgan fingerprint density at radius 2 is 1.88 bits per heavy atom. The molecule has 0 saturated carbocycles. The number of rotatable bonds is 5. The molecule has 0 fully saturated rings. The van der Waals surface area contributed by atoms with Crippen LogP contribution in [-0.4, -0.2) is 25.9 Å². The van der Waals surface area contributed by atoms with Crippen molar-refractivity contribution < 1.29 is 13.4 Å². The van der Waals surface area contributed by atoms with Gasteiger partial charge in [0, 0.05) is 23.0 Å². The van der Waals surface area contributed by atoms with Gasteiger partial charge in [0.15, 0.2) is 0 Å². The molecule has 6 nitrogen and oxygen atoms in total.